The lowest BCUT2D eigenvalue weighted by molar-refractivity contribution is 0.102. The SMILES string of the molecule is Cc1ccccc1CSc1ncc(Cl)c(C(=O)Nc2cccc(Cl)c2)n1. The van der Waals surface area contributed by atoms with Crippen LogP contribution >= 0.6 is 35.0 Å². The lowest BCUT2D eigenvalue weighted by Crippen LogP contribution is -2.15. The second-order valence-electron chi connectivity index (χ2n) is 5.53. The minimum absolute atomic E-state index is 0.133. The van der Waals surface area contributed by atoms with Crippen molar-refractivity contribution in [3.05, 3.63) is 81.6 Å². The fraction of sp³-hybridized carbons (Fsp3) is 0.105. The minimum atomic E-state index is -0.405. The highest BCUT2D eigenvalue weighted by atomic mass is 35.5. The van der Waals surface area contributed by atoms with Gasteiger partial charge in [0, 0.05) is 16.5 Å². The summed E-state index contributed by atoms with van der Waals surface area (Å²) in [6.07, 6.45) is 1.45. The van der Waals surface area contributed by atoms with Gasteiger partial charge in [0.05, 0.1) is 11.2 Å². The van der Waals surface area contributed by atoms with Gasteiger partial charge in [0.2, 0.25) is 0 Å². The summed E-state index contributed by atoms with van der Waals surface area (Å²) in [4.78, 5) is 21.0. The second-order valence-corrected chi connectivity index (χ2v) is 7.31. The molecule has 0 aliphatic heterocycles. The Kier molecular flexibility index (Phi) is 6.14. The van der Waals surface area contributed by atoms with Gasteiger partial charge in [0.1, 0.15) is 0 Å². The van der Waals surface area contributed by atoms with Crippen LogP contribution in [0, 0.1) is 6.92 Å². The molecule has 3 aromatic rings. The molecule has 2 aromatic carbocycles. The number of anilines is 1. The Hall–Kier alpha value is -2.08. The molecular weight excluding hydrogens is 389 g/mol. The zero-order valence-corrected chi connectivity index (χ0v) is 16.2. The summed E-state index contributed by atoms with van der Waals surface area (Å²) in [6.45, 7) is 2.06. The molecule has 1 N–H and O–H groups in total. The molecule has 3 rings (SSSR count). The molecule has 0 radical (unpaired) electrons. The van der Waals surface area contributed by atoms with E-state index in [1.54, 1.807) is 24.3 Å². The molecule has 132 valence electrons. The van der Waals surface area contributed by atoms with Crippen molar-refractivity contribution in [3.63, 3.8) is 0 Å². The number of carbonyl (C=O) groups excluding carboxylic acids is 1. The molecule has 0 unspecified atom stereocenters. The number of benzene rings is 2. The number of aryl methyl sites for hydroxylation is 1. The summed E-state index contributed by atoms with van der Waals surface area (Å²) in [5.41, 5.74) is 3.11. The number of carbonyl (C=O) groups is 1. The summed E-state index contributed by atoms with van der Waals surface area (Å²) in [5, 5.41) is 3.97. The quantitative estimate of drug-likeness (QED) is 0.442. The molecule has 1 amide bonds. The van der Waals surface area contributed by atoms with E-state index < -0.39 is 5.91 Å². The van der Waals surface area contributed by atoms with Crippen LogP contribution in [-0.2, 0) is 5.75 Å². The monoisotopic (exact) mass is 403 g/mol. The number of amides is 1. The number of hydrogen-bond acceptors (Lipinski definition) is 4. The Morgan fingerprint density at radius 2 is 1.96 bits per heavy atom. The Bertz CT molecular complexity index is 950. The van der Waals surface area contributed by atoms with Crippen molar-refractivity contribution in [1.29, 1.82) is 0 Å². The van der Waals surface area contributed by atoms with E-state index >= 15 is 0 Å². The van der Waals surface area contributed by atoms with Crippen molar-refractivity contribution >= 4 is 46.6 Å². The molecule has 0 spiro atoms. The van der Waals surface area contributed by atoms with E-state index in [4.69, 9.17) is 23.2 Å². The average molecular weight is 404 g/mol. The molecule has 0 aliphatic carbocycles. The van der Waals surface area contributed by atoms with Crippen LogP contribution in [0.2, 0.25) is 10.0 Å². The molecule has 0 aliphatic rings. The van der Waals surface area contributed by atoms with Crippen LogP contribution in [0.3, 0.4) is 0 Å². The van der Waals surface area contributed by atoms with Gasteiger partial charge in [0.15, 0.2) is 10.9 Å². The summed E-state index contributed by atoms with van der Waals surface area (Å²) >= 11 is 13.5. The largest absolute Gasteiger partial charge is 0.321 e. The summed E-state index contributed by atoms with van der Waals surface area (Å²) < 4.78 is 0. The van der Waals surface area contributed by atoms with Gasteiger partial charge >= 0.3 is 0 Å². The fourth-order valence-corrected chi connectivity index (χ4v) is 3.51. The van der Waals surface area contributed by atoms with E-state index in [0.29, 0.717) is 21.6 Å². The van der Waals surface area contributed by atoms with Gasteiger partial charge in [-0.15, -0.1) is 0 Å². The van der Waals surface area contributed by atoms with Crippen molar-refractivity contribution < 1.29 is 4.79 Å². The maximum atomic E-state index is 12.5. The third-order valence-electron chi connectivity index (χ3n) is 3.64. The molecule has 4 nitrogen and oxygen atoms in total. The average Bonchev–Trinajstić information content (AvgIpc) is 2.62. The summed E-state index contributed by atoms with van der Waals surface area (Å²) in [5.74, 6) is 0.307. The van der Waals surface area contributed by atoms with Gasteiger partial charge in [-0.2, -0.15) is 0 Å². The van der Waals surface area contributed by atoms with Crippen molar-refractivity contribution in [2.24, 2.45) is 0 Å². The Morgan fingerprint density at radius 3 is 2.73 bits per heavy atom. The smallest absolute Gasteiger partial charge is 0.275 e. The molecule has 0 saturated heterocycles. The zero-order valence-electron chi connectivity index (χ0n) is 13.9. The van der Waals surface area contributed by atoms with E-state index in [1.165, 1.54) is 29.1 Å². The van der Waals surface area contributed by atoms with Gasteiger partial charge in [-0.3, -0.25) is 4.79 Å². The molecule has 0 fully saturated rings. The highest BCUT2D eigenvalue weighted by Crippen LogP contribution is 2.24. The topological polar surface area (TPSA) is 54.9 Å². The number of halogens is 2. The van der Waals surface area contributed by atoms with E-state index in [2.05, 4.69) is 34.3 Å². The highest BCUT2D eigenvalue weighted by molar-refractivity contribution is 7.98. The highest BCUT2D eigenvalue weighted by Gasteiger charge is 2.15. The van der Waals surface area contributed by atoms with Crippen LogP contribution in [0.15, 0.2) is 59.9 Å². The van der Waals surface area contributed by atoms with Crippen LogP contribution in [0.25, 0.3) is 0 Å². The van der Waals surface area contributed by atoms with E-state index in [0.717, 1.165) is 0 Å². The molecule has 7 heteroatoms. The van der Waals surface area contributed by atoms with E-state index in [-0.39, 0.29) is 10.7 Å². The maximum Gasteiger partial charge on any atom is 0.275 e. The van der Waals surface area contributed by atoms with Crippen molar-refractivity contribution in [2.75, 3.05) is 5.32 Å². The van der Waals surface area contributed by atoms with Crippen LogP contribution in [-0.4, -0.2) is 15.9 Å². The molecule has 26 heavy (non-hydrogen) atoms. The summed E-state index contributed by atoms with van der Waals surface area (Å²) in [6, 6.07) is 15.0. The first-order valence-corrected chi connectivity index (χ1v) is 9.54. The second kappa shape index (κ2) is 8.54. The van der Waals surface area contributed by atoms with Gasteiger partial charge in [0.25, 0.3) is 5.91 Å². The molecule has 1 heterocycles. The van der Waals surface area contributed by atoms with Gasteiger partial charge < -0.3 is 5.32 Å². The molecular formula is C19H15Cl2N3OS. The summed E-state index contributed by atoms with van der Waals surface area (Å²) in [7, 11) is 0. The molecule has 0 saturated carbocycles. The number of nitrogens with zero attached hydrogens (tertiary/aromatic N) is 2. The lowest BCUT2D eigenvalue weighted by Gasteiger charge is -2.08. The van der Waals surface area contributed by atoms with Crippen LogP contribution in [0.5, 0.6) is 0 Å². The van der Waals surface area contributed by atoms with Gasteiger partial charge in [-0.1, -0.05) is 65.3 Å². The predicted octanol–water partition coefficient (Wildman–Crippen LogP) is 5.64. The van der Waals surface area contributed by atoms with Gasteiger partial charge in [-0.05, 0) is 36.2 Å². The number of hydrogen-bond donors (Lipinski definition) is 1. The molecule has 0 bridgehead atoms. The molecule has 1 aromatic heterocycles. The van der Waals surface area contributed by atoms with E-state index in [1.807, 2.05) is 12.1 Å². The third-order valence-corrected chi connectivity index (χ3v) is 5.06. The Labute approximate surface area is 166 Å². The number of rotatable bonds is 5. The Balaban J connectivity index is 1.74. The predicted molar refractivity (Wildman–Crippen MR) is 107 cm³/mol. The van der Waals surface area contributed by atoms with Crippen LogP contribution in [0.1, 0.15) is 21.6 Å². The van der Waals surface area contributed by atoms with Crippen LogP contribution in [0.4, 0.5) is 5.69 Å². The van der Waals surface area contributed by atoms with Gasteiger partial charge in [-0.25, -0.2) is 9.97 Å². The lowest BCUT2D eigenvalue weighted by atomic mass is 10.1. The maximum absolute atomic E-state index is 12.5. The minimum Gasteiger partial charge on any atom is -0.321 e. The first kappa shape index (κ1) is 18.7. The number of nitrogens with one attached hydrogen (secondary N) is 1. The third kappa shape index (κ3) is 4.75. The van der Waals surface area contributed by atoms with Crippen molar-refractivity contribution in [1.82, 2.24) is 9.97 Å². The van der Waals surface area contributed by atoms with Crippen LogP contribution < -0.4 is 5.32 Å². The zero-order chi connectivity index (χ0) is 18.5. The molecule has 0 atom stereocenters. The van der Waals surface area contributed by atoms with Crippen molar-refractivity contribution in [3.8, 4) is 0 Å². The number of thioether (sulfide) groups is 1. The first-order chi connectivity index (χ1) is 12.5. The number of aromatic nitrogens is 2. The standard InChI is InChI=1S/C19H15Cl2N3OS/c1-12-5-2-3-6-13(12)11-26-19-22-10-16(21)17(24-19)18(25)23-15-8-4-7-14(20)9-15/h2-10H,11H2,1H3,(H,23,25). The fourth-order valence-electron chi connectivity index (χ4n) is 2.25. The van der Waals surface area contributed by atoms with E-state index in [9.17, 15) is 4.79 Å². The van der Waals surface area contributed by atoms with Crippen molar-refractivity contribution in [2.45, 2.75) is 17.8 Å². The Morgan fingerprint density at radius 1 is 1.15 bits per heavy atom. The first-order valence-electron chi connectivity index (χ1n) is 7.79. The normalized spacial score (nSPS) is 10.6.